The lowest BCUT2D eigenvalue weighted by Crippen LogP contribution is -1.98. The number of methoxy groups -OCH3 is 1. The zero-order chi connectivity index (χ0) is 16.4. The van der Waals surface area contributed by atoms with E-state index in [0.29, 0.717) is 0 Å². The van der Waals surface area contributed by atoms with E-state index in [9.17, 15) is 9.90 Å². The number of allylic oxidation sites excluding steroid dienone is 2. The summed E-state index contributed by atoms with van der Waals surface area (Å²) in [5, 5.41) is 9.26. The number of carboxylic acid groups (broad SMARTS) is 1. The minimum Gasteiger partial charge on any atom is -0.496 e. The molecule has 0 heterocycles. The summed E-state index contributed by atoms with van der Waals surface area (Å²) in [5.74, 6) is -0.119. The van der Waals surface area contributed by atoms with E-state index in [1.165, 1.54) is 0 Å². The van der Waals surface area contributed by atoms with E-state index in [0.717, 1.165) is 39.2 Å². The van der Waals surface area contributed by atoms with Crippen LogP contribution in [0.15, 0.2) is 54.1 Å². The van der Waals surface area contributed by atoms with Crippen molar-refractivity contribution in [3.05, 3.63) is 70.8 Å². The summed E-state index contributed by atoms with van der Waals surface area (Å²) in [5.41, 5.74) is 5.90. The fourth-order valence-corrected chi connectivity index (χ4v) is 3.06. The smallest absolute Gasteiger partial charge is 0.307 e. The highest BCUT2D eigenvalue weighted by Crippen LogP contribution is 2.47. The summed E-state index contributed by atoms with van der Waals surface area (Å²) in [6.45, 7) is 1.98. The van der Waals surface area contributed by atoms with Crippen LogP contribution in [0.3, 0.4) is 0 Å². The number of hydrogen-bond acceptors (Lipinski definition) is 2. The zero-order valence-corrected chi connectivity index (χ0v) is 13.2. The molecule has 0 atom stereocenters. The number of rotatable bonds is 4. The molecule has 0 fully saturated rings. The Balaban J connectivity index is 2.21. The van der Waals surface area contributed by atoms with Gasteiger partial charge in [-0.2, -0.15) is 0 Å². The summed E-state index contributed by atoms with van der Waals surface area (Å²) < 4.78 is 5.46. The van der Waals surface area contributed by atoms with Crippen LogP contribution in [0, 0.1) is 0 Å². The molecule has 3 rings (SSSR count). The molecule has 0 aliphatic heterocycles. The molecule has 2 aromatic carbocycles. The predicted molar refractivity (Wildman–Crippen MR) is 92.2 cm³/mol. The minimum atomic E-state index is -0.836. The molecule has 3 heteroatoms. The molecule has 0 spiro atoms. The number of fused-ring (bicyclic) bond motifs is 1. The van der Waals surface area contributed by atoms with E-state index in [1.807, 2.05) is 55.5 Å². The normalized spacial score (nSPS) is 15.0. The molecule has 3 nitrogen and oxygen atoms in total. The van der Waals surface area contributed by atoms with Crippen LogP contribution >= 0.6 is 0 Å². The molecule has 1 aliphatic carbocycles. The number of ether oxygens (including phenoxy) is 1. The summed E-state index contributed by atoms with van der Waals surface area (Å²) >= 11 is 0. The number of benzene rings is 2. The molecular formula is C20H18O3. The number of carbonyl (C=O) groups is 1. The van der Waals surface area contributed by atoms with Crippen LogP contribution < -0.4 is 4.74 Å². The molecular weight excluding hydrogens is 288 g/mol. The Kier molecular flexibility index (Phi) is 4.02. The first-order valence-electron chi connectivity index (χ1n) is 7.48. The standard InChI is InChI=1S/C20H18O3/c1-13-16(11-14-7-4-3-5-8-14)15-9-6-10-18(23-2)20(15)17(13)12-19(21)22/h3-11H,12H2,1-2H3,(H,21,22)/b16-11-. The molecule has 0 bridgehead atoms. The minimum absolute atomic E-state index is 0.00859. The maximum absolute atomic E-state index is 11.3. The van der Waals surface area contributed by atoms with Gasteiger partial charge in [-0.1, -0.05) is 42.5 Å². The summed E-state index contributed by atoms with van der Waals surface area (Å²) in [6.07, 6.45) is 2.09. The Morgan fingerprint density at radius 3 is 2.52 bits per heavy atom. The van der Waals surface area contributed by atoms with E-state index < -0.39 is 5.97 Å². The van der Waals surface area contributed by atoms with Crippen molar-refractivity contribution in [3.63, 3.8) is 0 Å². The average molecular weight is 306 g/mol. The highest BCUT2D eigenvalue weighted by atomic mass is 16.5. The molecule has 0 amide bonds. The van der Waals surface area contributed by atoms with Gasteiger partial charge in [0, 0.05) is 5.56 Å². The second-order valence-electron chi connectivity index (χ2n) is 5.53. The van der Waals surface area contributed by atoms with E-state index in [4.69, 9.17) is 4.74 Å². The van der Waals surface area contributed by atoms with Crippen LogP contribution in [0.4, 0.5) is 0 Å². The second-order valence-corrected chi connectivity index (χ2v) is 5.53. The van der Waals surface area contributed by atoms with Gasteiger partial charge in [0.1, 0.15) is 5.75 Å². The van der Waals surface area contributed by atoms with Crippen molar-refractivity contribution in [2.75, 3.05) is 7.11 Å². The number of aliphatic carboxylic acids is 1. The fraction of sp³-hybridized carbons (Fsp3) is 0.150. The van der Waals surface area contributed by atoms with Gasteiger partial charge in [0.05, 0.1) is 13.5 Å². The molecule has 23 heavy (non-hydrogen) atoms. The largest absolute Gasteiger partial charge is 0.496 e. The van der Waals surface area contributed by atoms with E-state index >= 15 is 0 Å². The molecule has 0 saturated heterocycles. The first kappa shape index (κ1) is 15.1. The predicted octanol–water partition coefficient (Wildman–Crippen LogP) is 4.50. The first-order chi connectivity index (χ1) is 11.1. The van der Waals surface area contributed by atoms with Gasteiger partial charge in [-0.05, 0) is 46.9 Å². The third kappa shape index (κ3) is 2.78. The molecule has 1 N–H and O–H groups in total. The lowest BCUT2D eigenvalue weighted by molar-refractivity contribution is -0.135. The summed E-state index contributed by atoms with van der Waals surface area (Å²) in [6, 6.07) is 15.9. The van der Waals surface area contributed by atoms with Gasteiger partial charge < -0.3 is 9.84 Å². The van der Waals surface area contributed by atoms with Crippen molar-refractivity contribution in [1.82, 2.24) is 0 Å². The maximum Gasteiger partial charge on any atom is 0.307 e. The van der Waals surface area contributed by atoms with Gasteiger partial charge >= 0.3 is 5.97 Å². The lowest BCUT2D eigenvalue weighted by atomic mass is 10.00. The topological polar surface area (TPSA) is 46.5 Å². The quantitative estimate of drug-likeness (QED) is 0.904. The SMILES string of the molecule is COc1cccc2c1C(CC(=O)O)=C(C)/C2=C/c1ccccc1. The molecule has 0 saturated carbocycles. The monoisotopic (exact) mass is 306 g/mol. The van der Waals surface area contributed by atoms with Crippen molar-refractivity contribution < 1.29 is 14.6 Å². The second kappa shape index (κ2) is 6.13. The first-order valence-corrected chi connectivity index (χ1v) is 7.48. The Morgan fingerprint density at radius 2 is 1.87 bits per heavy atom. The number of hydrogen-bond donors (Lipinski definition) is 1. The summed E-state index contributed by atoms with van der Waals surface area (Å²) in [7, 11) is 1.61. The third-order valence-corrected chi connectivity index (χ3v) is 4.13. The molecule has 0 radical (unpaired) electrons. The molecule has 2 aromatic rings. The van der Waals surface area contributed by atoms with Gasteiger partial charge in [0.2, 0.25) is 0 Å². The highest BCUT2D eigenvalue weighted by molar-refractivity contribution is 6.08. The molecule has 0 aromatic heterocycles. The zero-order valence-electron chi connectivity index (χ0n) is 13.2. The molecule has 116 valence electrons. The van der Waals surface area contributed by atoms with Crippen LogP contribution in [0.2, 0.25) is 0 Å². The van der Waals surface area contributed by atoms with Gasteiger partial charge in [-0.15, -0.1) is 0 Å². The van der Waals surface area contributed by atoms with E-state index in [2.05, 4.69) is 6.08 Å². The van der Waals surface area contributed by atoms with Gasteiger partial charge in [0.15, 0.2) is 0 Å². The molecule has 0 unspecified atom stereocenters. The Labute approximate surface area is 135 Å². The Bertz CT molecular complexity index is 814. The van der Waals surface area contributed by atoms with Crippen molar-refractivity contribution in [2.45, 2.75) is 13.3 Å². The van der Waals surface area contributed by atoms with Gasteiger partial charge in [0.25, 0.3) is 0 Å². The van der Waals surface area contributed by atoms with Crippen LogP contribution in [-0.2, 0) is 4.79 Å². The third-order valence-electron chi connectivity index (χ3n) is 4.13. The van der Waals surface area contributed by atoms with Crippen LogP contribution in [0.25, 0.3) is 17.2 Å². The Hall–Kier alpha value is -2.81. The lowest BCUT2D eigenvalue weighted by Gasteiger charge is -2.10. The summed E-state index contributed by atoms with van der Waals surface area (Å²) in [4.78, 5) is 11.3. The van der Waals surface area contributed by atoms with Gasteiger partial charge in [-0.3, -0.25) is 4.79 Å². The highest BCUT2D eigenvalue weighted by Gasteiger charge is 2.27. The fourth-order valence-electron chi connectivity index (χ4n) is 3.06. The Morgan fingerprint density at radius 1 is 1.13 bits per heavy atom. The van der Waals surface area contributed by atoms with E-state index in [1.54, 1.807) is 7.11 Å². The van der Waals surface area contributed by atoms with Crippen LogP contribution in [0.1, 0.15) is 30.0 Å². The number of carboxylic acids is 1. The average Bonchev–Trinajstić information content (AvgIpc) is 2.81. The van der Waals surface area contributed by atoms with Crippen molar-refractivity contribution in [1.29, 1.82) is 0 Å². The van der Waals surface area contributed by atoms with E-state index in [-0.39, 0.29) is 6.42 Å². The van der Waals surface area contributed by atoms with Crippen LogP contribution in [-0.4, -0.2) is 18.2 Å². The molecule has 1 aliphatic rings. The van der Waals surface area contributed by atoms with Crippen LogP contribution in [0.5, 0.6) is 5.75 Å². The van der Waals surface area contributed by atoms with Gasteiger partial charge in [-0.25, -0.2) is 0 Å². The van der Waals surface area contributed by atoms with Crippen molar-refractivity contribution >= 4 is 23.2 Å². The van der Waals surface area contributed by atoms with Crippen molar-refractivity contribution in [3.8, 4) is 5.75 Å². The van der Waals surface area contributed by atoms with Crippen molar-refractivity contribution in [2.24, 2.45) is 0 Å². The maximum atomic E-state index is 11.3.